The molecular weight excluding hydrogens is 238 g/mol. The lowest BCUT2D eigenvalue weighted by Crippen LogP contribution is -2.14. The van der Waals surface area contributed by atoms with Gasteiger partial charge in [-0.1, -0.05) is 0 Å². The molecular formula is C5H8FO6PS. The van der Waals surface area contributed by atoms with Gasteiger partial charge in [-0.25, -0.2) is 4.39 Å². The zero-order chi connectivity index (χ0) is 10.2. The van der Waals surface area contributed by atoms with Crippen LogP contribution in [0.1, 0.15) is 0 Å². The Kier molecular flexibility index (Phi) is 3.01. The Morgan fingerprint density at radius 2 is 2.21 bits per heavy atom. The molecule has 2 aliphatic rings. The first-order chi connectivity index (χ1) is 6.55. The summed E-state index contributed by atoms with van der Waals surface area (Å²) in [5, 5.41) is 0. The summed E-state index contributed by atoms with van der Waals surface area (Å²) in [5.74, 6) is -0.241. The van der Waals surface area contributed by atoms with Crippen LogP contribution in [-0.2, 0) is 27.9 Å². The van der Waals surface area contributed by atoms with Crippen molar-refractivity contribution in [3.05, 3.63) is 0 Å². The molecule has 3 atom stereocenters. The molecule has 0 aromatic heterocycles. The summed E-state index contributed by atoms with van der Waals surface area (Å²) in [6.45, 7) is -0.239. The summed E-state index contributed by atoms with van der Waals surface area (Å²) in [6.07, 6.45) is -2.11. The van der Waals surface area contributed by atoms with Crippen LogP contribution in [-0.4, -0.2) is 39.8 Å². The largest absolute Gasteiger partial charge is 0.336 e. The quantitative estimate of drug-likeness (QED) is 0.515. The Bertz CT molecular complexity index is 307. The van der Waals surface area contributed by atoms with Gasteiger partial charge in [-0.3, -0.25) is 8.71 Å². The fourth-order valence-corrected chi connectivity index (χ4v) is 3.23. The van der Waals surface area contributed by atoms with Gasteiger partial charge in [0, 0.05) is 0 Å². The molecule has 2 rings (SSSR count). The van der Waals surface area contributed by atoms with Gasteiger partial charge < -0.3 is 9.05 Å². The Hall–Kier alpha value is 0.150. The van der Waals surface area contributed by atoms with Gasteiger partial charge in [-0.05, 0) is 0 Å². The topological polar surface area (TPSA) is 71.1 Å². The molecule has 6 nitrogen and oxygen atoms in total. The molecule has 82 valence electrons. The SMILES string of the molecule is O=S1(=O)CC(OP2OCC(F)O2)CO1. The van der Waals surface area contributed by atoms with Gasteiger partial charge in [-0.2, -0.15) is 8.42 Å². The highest BCUT2D eigenvalue weighted by Crippen LogP contribution is 2.48. The minimum absolute atomic E-state index is 0.0646. The number of halogens is 1. The average Bonchev–Trinajstić information content (AvgIpc) is 2.59. The molecule has 0 saturated carbocycles. The molecule has 0 radical (unpaired) electrons. The standard InChI is InChI=1S/C5H8FO6PS/c6-5-2-9-13(12-5)11-4-1-10-14(7,8)3-4/h4-5H,1-3H2. The van der Waals surface area contributed by atoms with Gasteiger partial charge >= 0.3 is 8.60 Å². The van der Waals surface area contributed by atoms with Gasteiger partial charge in [0.15, 0.2) is 0 Å². The maximum absolute atomic E-state index is 12.4. The summed E-state index contributed by atoms with van der Waals surface area (Å²) in [7, 11) is -5.23. The second-order valence-corrected chi connectivity index (χ2v) is 5.58. The zero-order valence-electron chi connectivity index (χ0n) is 6.96. The van der Waals surface area contributed by atoms with E-state index in [1.807, 2.05) is 0 Å². The van der Waals surface area contributed by atoms with E-state index in [0.717, 1.165) is 0 Å². The van der Waals surface area contributed by atoms with Crippen LogP contribution >= 0.6 is 8.60 Å². The minimum atomic E-state index is -3.47. The molecule has 0 N–H and O–H groups in total. The Morgan fingerprint density at radius 3 is 2.71 bits per heavy atom. The van der Waals surface area contributed by atoms with Gasteiger partial charge in [0.1, 0.15) is 18.5 Å². The van der Waals surface area contributed by atoms with E-state index < -0.39 is 31.2 Å². The Morgan fingerprint density at radius 1 is 1.43 bits per heavy atom. The summed E-state index contributed by atoms with van der Waals surface area (Å²) in [5.41, 5.74) is 0. The number of alkyl halides is 1. The van der Waals surface area contributed by atoms with Crippen molar-refractivity contribution in [2.75, 3.05) is 19.0 Å². The molecule has 0 bridgehead atoms. The van der Waals surface area contributed by atoms with Crippen LogP contribution in [0.4, 0.5) is 4.39 Å². The maximum atomic E-state index is 12.4. The summed E-state index contributed by atoms with van der Waals surface area (Å²) >= 11 is 0. The summed E-state index contributed by atoms with van der Waals surface area (Å²) in [6, 6.07) is 0. The van der Waals surface area contributed by atoms with Crippen molar-refractivity contribution in [3.8, 4) is 0 Å². The normalized spacial score (nSPS) is 41.6. The third-order valence-electron chi connectivity index (χ3n) is 1.57. The molecule has 2 fully saturated rings. The van der Waals surface area contributed by atoms with Crippen LogP contribution in [0.3, 0.4) is 0 Å². The van der Waals surface area contributed by atoms with E-state index in [1.165, 1.54) is 0 Å². The number of hydrogen-bond donors (Lipinski definition) is 0. The average molecular weight is 246 g/mol. The third-order valence-corrected chi connectivity index (χ3v) is 4.08. The lowest BCUT2D eigenvalue weighted by molar-refractivity contribution is 0.0805. The van der Waals surface area contributed by atoms with E-state index in [2.05, 4.69) is 8.71 Å². The van der Waals surface area contributed by atoms with Crippen molar-refractivity contribution in [1.82, 2.24) is 0 Å². The van der Waals surface area contributed by atoms with Gasteiger partial charge in [-0.15, -0.1) is 0 Å². The van der Waals surface area contributed by atoms with Crippen LogP contribution < -0.4 is 0 Å². The van der Waals surface area contributed by atoms with E-state index in [1.54, 1.807) is 0 Å². The molecule has 9 heteroatoms. The van der Waals surface area contributed by atoms with Crippen LogP contribution in [0.15, 0.2) is 0 Å². The fraction of sp³-hybridized carbons (Fsp3) is 1.00. The van der Waals surface area contributed by atoms with Crippen LogP contribution in [0.2, 0.25) is 0 Å². The summed E-state index contributed by atoms with van der Waals surface area (Å²) in [4.78, 5) is 0. The van der Waals surface area contributed by atoms with E-state index in [0.29, 0.717) is 0 Å². The van der Waals surface area contributed by atoms with E-state index in [9.17, 15) is 12.8 Å². The Labute approximate surface area is 81.4 Å². The lowest BCUT2D eigenvalue weighted by atomic mass is 10.5. The van der Waals surface area contributed by atoms with Crippen LogP contribution in [0.5, 0.6) is 0 Å². The van der Waals surface area contributed by atoms with E-state index in [4.69, 9.17) is 9.05 Å². The zero-order valence-corrected chi connectivity index (χ0v) is 8.67. The van der Waals surface area contributed by atoms with Crippen molar-refractivity contribution in [2.24, 2.45) is 0 Å². The predicted octanol–water partition coefficient (Wildman–Crippen LogP) is 0.301. The van der Waals surface area contributed by atoms with Crippen molar-refractivity contribution >= 4 is 18.7 Å². The smallest absolute Gasteiger partial charge is 0.306 e. The number of hydrogen-bond acceptors (Lipinski definition) is 6. The molecule has 0 aromatic carbocycles. The van der Waals surface area contributed by atoms with Gasteiger partial charge in [0.05, 0.1) is 6.61 Å². The van der Waals surface area contributed by atoms with Crippen molar-refractivity contribution in [2.45, 2.75) is 12.5 Å². The van der Waals surface area contributed by atoms with E-state index >= 15 is 0 Å². The monoisotopic (exact) mass is 246 g/mol. The molecule has 2 saturated heterocycles. The molecule has 0 aliphatic carbocycles. The minimum Gasteiger partial charge on any atom is -0.306 e. The second kappa shape index (κ2) is 3.96. The first-order valence-electron chi connectivity index (χ1n) is 3.83. The summed E-state index contributed by atoms with van der Waals surface area (Å²) < 4.78 is 53.0. The van der Waals surface area contributed by atoms with Crippen LogP contribution in [0, 0.1) is 0 Å². The molecule has 2 heterocycles. The van der Waals surface area contributed by atoms with Gasteiger partial charge in [0.2, 0.25) is 6.36 Å². The predicted molar refractivity (Wildman–Crippen MR) is 43.5 cm³/mol. The first kappa shape index (κ1) is 10.7. The molecule has 2 aliphatic heterocycles. The molecule has 0 amide bonds. The highest BCUT2D eigenvalue weighted by atomic mass is 32.2. The Balaban J connectivity index is 1.82. The van der Waals surface area contributed by atoms with Crippen molar-refractivity contribution in [1.29, 1.82) is 0 Å². The highest BCUT2D eigenvalue weighted by molar-refractivity contribution is 7.87. The van der Waals surface area contributed by atoms with Gasteiger partial charge in [0.25, 0.3) is 10.1 Å². The molecule has 3 unspecified atom stereocenters. The molecule has 0 spiro atoms. The van der Waals surface area contributed by atoms with E-state index in [-0.39, 0.29) is 19.0 Å². The van der Waals surface area contributed by atoms with Crippen molar-refractivity contribution in [3.63, 3.8) is 0 Å². The lowest BCUT2D eigenvalue weighted by Gasteiger charge is -2.10. The highest BCUT2D eigenvalue weighted by Gasteiger charge is 2.36. The second-order valence-electron chi connectivity index (χ2n) is 2.77. The maximum Gasteiger partial charge on any atom is 0.336 e. The van der Waals surface area contributed by atoms with Crippen molar-refractivity contribution < 1.29 is 30.6 Å². The molecule has 14 heavy (non-hydrogen) atoms. The first-order valence-corrected chi connectivity index (χ1v) is 6.50. The fourth-order valence-electron chi connectivity index (χ4n) is 1.02. The third kappa shape index (κ3) is 2.59. The number of rotatable bonds is 2. The van der Waals surface area contributed by atoms with Crippen LogP contribution in [0.25, 0.3) is 0 Å². The molecule has 0 aromatic rings.